The highest BCUT2D eigenvalue weighted by molar-refractivity contribution is 7.92. The second kappa shape index (κ2) is 13.1. The van der Waals surface area contributed by atoms with Crippen molar-refractivity contribution < 1.29 is 22.4 Å². The van der Waals surface area contributed by atoms with Gasteiger partial charge in [0.1, 0.15) is 18.4 Å². The lowest BCUT2D eigenvalue weighted by molar-refractivity contribution is -0.139. The summed E-state index contributed by atoms with van der Waals surface area (Å²) in [4.78, 5) is 28.3. The smallest absolute Gasteiger partial charge is 0.264 e. The number of nitrogens with zero attached hydrogens (tertiary/aromatic N) is 2. The number of sulfonamides is 1. The highest BCUT2D eigenvalue weighted by atomic mass is 32.2. The predicted octanol–water partition coefficient (Wildman–Crippen LogP) is 5.14. The molecule has 0 aliphatic rings. The second-order valence-electron chi connectivity index (χ2n) is 10.6. The molecule has 214 valence electrons. The van der Waals surface area contributed by atoms with Crippen LogP contribution in [0.5, 0.6) is 0 Å². The zero-order chi connectivity index (χ0) is 29.6. The number of benzene rings is 3. The van der Waals surface area contributed by atoms with Gasteiger partial charge in [0.15, 0.2) is 0 Å². The van der Waals surface area contributed by atoms with Crippen molar-refractivity contribution in [1.29, 1.82) is 0 Å². The van der Waals surface area contributed by atoms with Crippen LogP contribution in [-0.2, 0) is 26.2 Å². The number of aryl methyl sites for hydroxylation is 3. The summed E-state index contributed by atoms with van der Waals surface area (Å²) in [6.07, 6.45) is 0. The molecule has 0 radical (unpaired) electrons. The van der Waals surface area contributed by atoms with Crippen LogP contribution in [0.1, 0.15) is 43.0 Å². The van der Waals surface area contributed by atoms with E-state index in [-0.39, 0.29) is 23.3 Å². The summed E-state index contributed by atoms with van der Waals surface area (Å²) in [6.45, 7) is 11.1. The molecule has 0 aliphatic heterocycles. The van der Waals surface area contributed by atoms with E-state index in [9.17, 15) is 22.4 Å². The van der Waals surface area contributed by atoms with Crippen molar-refractivity contribution in [2.24, 2.45) is 5.92 Å². The van der Waals surface area contributed by atoms with Crippen LogP contribution in [0.15, 0.2) is 71.6 Å². The van der Waals surface area contributed by atoms with Gasteiger partial charge in [-0.2, -0.15) is 0 Å². The predicted molar refractivity (Wildman–Crippen MR) is 156 cm³/mol. The minimum atomic E-state index is -4.14. The van der Waals surface area contributed by atoms with Gasteiger partial charge < -0.3 is 10.2 Å². The lowest BCUT2D eigenvalue weighted by atomic mass is 10.1. The minimum absolute atomic E-state index is 0.000718. The average Bonchev–Trinajstić information content (AvgIpc) is 2.91. The molecule has 0 aromatic heterocycles. The lowest BCUT2D eigenvalue weighted by Gasteiger charge is -2.32. The largest absolute Gasteiger partial charge is 0.354 e. The summed E-state index contributed by atoms with van der Waals surface area (Å²) in [5, 5.41) is 2.85. The summed E-state index contributed by atoms with van der Waals surface area (Å²) < 4.78 is 42.5. The fourth-order valence-corrected chi connectivity index (χ4v) is 5.47. The number of halogens is 1. The number of rotatable bonds is 11. The van der Waals surface area contributed by atoms with Crippen LogP contribution in [0.4, 0.5) is 10.1 Å². The van der Waals surface area contributed by atoms with Crippen LogP contribution in [0, 0.1) is 32.5 Å². The third-order valence-corrected chi connectivity index (χ3v) is 8.57. The number of hydrogen-bond acceptors (Lipinski definition) is 4. The van der Waals surface area contributed by atoms with Gasteiger partial charge in [-0.1, -0.05) is 49.7 Å². The molecule has 0 aliphatic carbocycles. The van der Waals surface area contributed by atoms with E-state index in [4.69, 9.17) is 0 Å². The van der Waals surface area contributed by atoms with Crippen molar-refractivity contribution in [3.8, 4) is 0 Å². The number of amides is 2. The topological polar surface area (TPSA) is 86.8 Å². The molecule has 40 heavy (non-hydrogen) atoms. The van der Waals surface area contributed by atoms with Crippen molar-refractivity contribution in [1.82, 2.24) is 10.2 Å². The quantitative estimate of drug-likeness (QED) is 0.348. The highest BCUT2D eigenvalue weighted by Crippen LogP contribution is 2.27. The maximum Gasteiger partial charge on any atom is 0.264 e. The molecule has 3 rings (SSSR count). The van der Waals surface area contributed by atoms with Crippen LogP contribution < -0.4 is 9.62 Å². The van der Waals surface area contributed by atoms with Gasteiger partial charge in [-0.05, 0) is 86.7 Å². The molecule has 2 amide bonds. The Balaban J connectivity index is 2.03. The third-order valence-electron chi connectivity index (χ3n) is 6.78. The Bertz CT molecular complexity index is 1440. The first-order chi connectivity index (χ1) is 18.8. The Morgan fingerprint density at radius 1 is 0.875 bits per heavy atom. The molecular weight excluding hydrogens is 529 g/mol. The molecule has 9 heteroatoms. The fourth-order valence-electron chi connectivity index (χ4n) is 4.07. The van der Waals surface area contributed by atoms with Crippen LogP contribution >= 0.6 is 0 Å². The normalized spacial score (nSPS) is 12.2. The highest BCUT2D eigenvalue weighted by Gasteiger charge is 2.32. The van der Waals surface area contributed by atoms with Crippen molar-refractivity contribution in [2.45, 2.75) is 59.0 Å². The maximum atomic E-state index is 13.9. The summed E-state index contributed by atoms with van der Waals surface area (Å²) in [5.41, 5.74) is 3.71. The second-order valence-corrected chi connectivity index (χ2v) is 12.4. The molecule has 0 unspecified atom stereocenters. The number of anilines is 1. The van der Waals surface area contributed by atoms with Crippen molar-refractivity contribution in [3.63, 3.8) is 0 Å². The molecule has 0 saturated carbocycles. The Kier molecular flexibility index (Phi) is 10.1. The SMILES string of the molecule is Cc1ccc(S(=O)(=O)N(CC(=O)N(Cc2ccc(F)cc2)[C@H](C)C(=O)NCC(C)C)c2ccc(C)c(C)c2)cc1. The Morgan fingerprint density at radius 2 is 1.50 bits per heavy atom. The molecule has 7 nitrogen and oxygen atoms in total. The van der Waals surface area contributed by atoms with Crippen molar-refractivity contribution >= 4 is 27.5 Å². The van der Waals surface area contributed by atoms with Gasteiger partial charge >= 0.3 is 0 Å². The van der Waals surface area contributed by atoms with E-state index in [1.54, 1.807) is 43.3 Å². The zero-order valence-corrected chi connectivity index (χ0v) is 24.8. The summed E-state index contributed by atoms with van der Waals surface area (Å²) in [6, 6.07) is 16.4. The van der Waals surface area contributed by atoms with Crippen LogP contribution in [-0.4, -0.2) is 44.3 Å². The Morgan fingerprint density at radius 3 is 2.08 bits per heavy atom. The molecule has 0 spiro atoms. The van der Waals surface area contributed by atoms with E-state index >= 15 is 0 Å². The van der Waals surface area contributed by atoms with E-state index < -0.39 is 34.3 Å². The molecule has 1 N–H and O–H groups in total. The van der Waals surface area contributed by atoms with E-state index in [0.29, 0.717) is 17.8 Å². The van der Waals surface area contributed by atoms with Gasteiger partial charge in [-0.15, -0.1) is 0 Å². The maximum absolute atomic E-state index is 13.9. The van der Waals surface area contributed by atoms with E-state index in [1.807, 2.05) is 40.7 Å². The monoisotopic (exact) mass is 567 g/mol. The summed E-state index contributed by atoms with van der Waals surface area (Å²) in [7, 11) is -4.14. The molecule has 0 saturated heterocycles. The molecule has 0 fully saturated rings. The third kappa shape index (κ3) is 7.69. The molecule has 0 heterocycles. The summed E-state index contributed by atoms with van der Waals surface area (Å²) >= 11 is 0. The Labute approximate surface area is 237 Å². The zero-order valence-electron chi connectivity index (χ0n) is 23.9. The molecule has 0 bridgehead atoms. The van der Waals surface area contributed by atoms with Gasteiger partial charge in [-0.3, -0.25) is 13.9 Å². The standard InChI is InChI=1S/C31H38FN3O4S/c1-21(2)18-33-31(37)25(6)34(19-26-10-12-27(32)13-11-26)30(36)20-35(28-14-9-23(4)24(5)17-28)40(38,39)29-15-7-22(3)8-16-29/h7-17,21,25H,18-20H2,1-6H3,(H,33,37)/t25-/m1/s1. The number of carbonyl (C=O) groups excluding carboxylic acids is 2. The van der Waals surface area contributed by atoms with Gasteiger partial charge in [0.2, 0.25) is 11.8 Å². The van der Waals surface area contributed by atoms with Gasteiger partial charge in [0.05, 0.1) is 10.6 Å². The molecule has 3 aromatic carbocycles. The number of nitrogens with one attached hydrogen (secondary N) is 1. The van der Waals surface area contributed by atoms with Crippen molar-refractivity contribution in [3.05, 3.63) is 94.8 Å². The minimum Gasteiger partial charge on any atom is -0.354 e. The first kappa shape index (κ1) is 30.8. The number of hydrogen-bond donors (Lipinski definition) is 1. The van der Waals surface area contributed by atoms with Crippen molar-refractivity contribution in [2.75, 3.05) is 17.4 Å². The van der Waals surface area contributed by atoms with Crippen LogP contribution in [0.2, 0.25) is 0 Å². The van der Waals surface area contributed by atoms with Crippen LogP contribution in [0.25, 0.3) is 0 Å². The molecule has 3 aromatic rings. The molecule has 1 atom stereocenters. The first-order valence-corrected chi connectivity index (χ1v) is 14.7. The van der Waals surface area contributed by atoms with E-state index in [1.165, 1.54) is 29.2 Å². The van der Waals surface area contributed by atoms with E-state index in [0.717, 1.165) is 21.0 Å². The molecular formula is C31H38FN3O4S. The Hall–Kier alpha value is -3.72. The van der Waals surface area contributed by atoms with Gasteiger partial charge in [0.25, 0.3) is 10.0 Å². The van der Waals surface area contributed by atoms with E-state index in [2.05, 4.69) is 5.32 Å². The summed E-state index contributed by atoms with van der Waals surface area (Å²) in [5.74, 6) is -1.14. The average molecular weight is 568 g/mol. The van der Waals surface area contributed by atoms with Gasteiger partial charge in [-0.25, -0.2) is 12.8 Å². The van der Waals surface area contributed by atoms with Gasteiger partial charge in [0, 0.05) is 13.1 Å². The number of carbonyl (C=O) groups is 2. The first-order valence-electron chi connectivity index (χ1n) is 13.3. The van der Waals surface area contributed by atoms with Crippen LogP contribution in [0.3, 0.4) is 0 Å². The lowest BCUT2D eigenvalue weighted by Crippen LogP contribution is -2.51. The fraction of sp³-hybridized carbons (Fsp3) is 0.355.